The van der Waals surface area contributed by atoms with Gasteiger partial charge in [0.25, 0.3) is 5.91 Å². The predicted molar refractivity (Wildman–Crippen MR) is 102 cm³/mol. The number of amides is 1. The van der Waals surface area contributed by atoms with Gasteiger partial charge in [0.15, 0.2) is 0 Å². The first-order valence-electron chi connectivity index (χ1n) is 10.5. The Labute approximate surface area is 156 Å². The van der Waals surface area contributed by atoms with Crippen LogP contribution in [-0.4, -0.2) is 28.5 Å². The van der Waals surface area contributed by atoms with Gasteiger partial charge in [-0.2, -0.15) is 0 Å². The molecule has 4 heteroatoms. The number of nitrogens with one attached hydrogen (secondary N) is 2. The fraction of sp³-hybridized carbons (Fsp3) is 0.727. The van der Waals surface area contributed by atoms with Gasteiger partial charge in [0, 0.05) is 16.8 Å². The van der Waals surface area contributed by atoms with Crippen LogP contribution >= 0.6 is 0 Å². The van der Waals surface area contributed by atoms with Crippen molar-refractivity contribution in [2.24, 2.45) is 17.8 Å². The van der Waals surface area contributed by atoms with Gasteiger partial charge < -0.3 is 10.6 Å². The molecule has 0 aliphatic heterocycles. The summed E-state index contributed by atoms with van der Waals surface area (Å²) in [6.45, 7) is 3.13. The number of hydrogen-bond donors (Lipinski definition) is 2. The highest BCUT2D eigenvalue weighted by atomic mass is 16.2. The zero-order chi connectivity index (χ0) is 17.8. The summed E-state index contributed by atoms with van der Waals surface area (Å²) in [7, 11) is 0. The number of nitrogens with zero attached hydrogens (tertiary/aromatic N) is 1. The van der Waals surface area contributed by atoms with Crippen LogP contribution < -0.4 is 10.6 Å². The monoisotopic (exact) mass is 353 g/mol. The van der Waals surface area contributed by atoms with Crippen molar-refractivity contribution in [1.29, 1.82) is 0 Å². The Morgan fingerprint density at radius 3 is 2.54 bits per heavy atom. The molecule has 2 unspecified atom stereocenters. The van der Waals surface area contributed by atoms with E-state index in [1.807, 2.05) is 25.1 Å². The topological polar surface area (TPSA) is 54.0 Å². The third kappa shape index (κ3) is 2.96. The molecule has 6 rings (SSSR count). The van der Waals surface area contributed by atoms with Crippen molar-refractivity contribution >= 4 is 5.91 Å². The van der Waals surface area contributed by atoms with Crippen molar-refractivity contribution in [3.8, 4) is 0 Å². The zero-order valence-electron chi connectivity index (χ0n) is 15.9. The van der Waals surface area contributed by atoms with Gasteiger partial charge >= 0.3 is 0 Å². The van der Waals surface area contributed by atoms with Crippen molar-refractivity contribution in [3.05, 3.63) is 29.6 Å². The Hall–Kier alpha value is -1.42. The molecule has 0 radical (unpaired) electrons. The van der Waals surface area contributed by atoms with Gasteiger partial charge in [-0.05, 0) is 94.7 Å². The van der Waals surface area contributed by atoms with Gasteiger partial charge in [0.1, 0.15) is 5.69 Å². The van der Waals surface area contributed by atoms with Crippen LogP contribution in [0.1, 0.15) is 74.0 Å². The van der Waals surface area contributed by atoms with Crippen molar-refractivity contribution < 1.29 is 4.79 Å². The summed E-state index contributed by atoms with van der Waals surface area (Å²) in [6, 6.07) is 5.72. The minimum absolute atomic E-state index is 0.0147. The highest BCUT2D eigenvalue weighted by molar-refractivity contribution is 5.92. The number of aromatic nitrogens is 1. The van der Waals surface area contributed by atoms with Gasteiger partial charge in [0.05, 0.1) is 0 Å². The lowest BCUT2D eigenvalue weighted by Gasteiger charge is -2.62. The summed E-state index contributed by atoms with van der Waals surface area (Å²) in [5.74, 6) is 2.46. The van der Waals surface area contributed by atoms with Gasteiger partial charge in [-0.1, -0.05) is 12.5 Å². The second-order valence-corrected chi connectivity index (χ2v) is 9.82. The maximum absolute atomic E-state index is 12.9. The number of aryl methyl sites for hydroxylation is 1. The Morgan fingerprint density at radius 2 is 1.88 bits per heavy atom. The summed E-state index contributed by atoms with van der Waals surface area (Å²) >= 11 is 0. The lowest BCUT2D eigenvalue weighted by Crippen LogP contribution is -2.69. The molecule has 0 aromatic carbocycles. The van der Waals surface area contributed by atoms with Crippen LogP contribution in [0.25, 0.3) is 0 Å². The standard InChI is InChI=1S/C22H31N3O/c1-15-4-2-7-19(24-15)20(26)25-22-11-17-8-18(12-22)10-21(9-17,14-22)23-13-16-5-3-6-16/h2,4,7,16-18,23H,3,5-6,8-14H2,1H3,(H,25,26). The van der Waals surface area contributed by atoms with Crippen molar-refractivity contribution in [2.45, 2.75) is 75.8 Å². The lowest BCUT2D eigenvalue weighted by atomic mass is 9.49. The highest BCUT2D eigenvalue weighted by Gasteiger charge is 2.58. The molecule has 4 bridgehead atoms. The second-order valence-electron chi connectivity index (χ2n) is 9.82. The van der Waals surface area contributed by atoms with E-state index in [2.05, 4.69) is 15.6 Å². The fourth-order valence-corrected chi connectivity index (χ4v) is 6.65. The van der Waals surface area contributed by atoms with Crippen LogP contribution in [0.4, 0.5) is 0 Å². The smallest absolute Gasteiger partial charge is 0.270 e. The molecule has 5 saturated carbocycles. The second kappa shape index (κ2) is 6.05. The van der Waals surface area contributed by atoms with E-state index in [0.717, 1.165) is 42.7 Å². The average Bonchev–Trinajstić information content (AvgIpc) is 2.51. The minimum Gasteiger partial charge on any atom is -0.345 e. The molecular weight excluding hydrogens is 322 g/mol. The average molecular weight is 354 g/mol. The molecule has 5 aliphatic carbocycles. The molecule has 140 valence electrons. The summed E-state index contributed by atoms with van der Waals surface area (Å²) in [4.78, 5) is 17.4. The Balaban J connectivity index is 1.33. The van der Waals surface area contributed by atoms with E-state index in [1.54, 1.807) is 0 Å². The molecule has 1 heterocycles. The summed E-state index contributed by atoms with van der Waals surface area (Å²) < 4.78 is 0. The van der Waals surface area contributed by atoms with Crippen molar-refractivity contribution in [3.63, 3.8) is 0 Å². The van der Waals surface area contributed by atoms with Crippen LogP contribution in [0.5, 0.6) is 0 Å². The SMILES string of the molecule is Cc1cccc(C(=O)NC23CC4CC(CC(NCC5CCC5)(C4)C2)C3)n1. The first-order valence-corrected chi connectivity index (χ1v) is 10.5. The molecule has 26 heavy (non-hydrogen) atoms. The lowest BCUT2D eigenvalue weighted by molar-refractivity contribution is -0.0506. The van der Waals surface area contributed by atoms with Gasteiger partial charge in [0.2, 0.25) is 0 Å². The van der Waals surface area contributed by atoms with E-state index in [0.29, 0.717) is 5.69 Å². The third-order valence-corrected chi connectivity index (χ3v) is 7.55. The molecule has 2 atom stereocenters. The number of carbonyl (C=O) groups excluding carboxylic acids is 1. The number of pyridine rings is 1. The number of rotatable bonds is 5. The van der Waals surface area contributed by atoms with Crippen LogP contribution in [0, 0.1) is 24.7 Å². The summed E-state index contributed by atoms with van der Waals surface area (Å²) in [5.41, 5.74) is 1.73. The van der Waals surface area contributed by atoms with E-state index in [9.17, 15) is 4.79 Å². The highest BCUT2D eigenvalue weighted by Crippen LogP contribution is 2.57. The largest absolute Gasteiger partial charge is 0.345 e. The maximum atomic E-state index is 12.9. The molecule has 1 amide bonds. The summed E-state index contributed by atoms with van der Waals surface area (Å²) in [6.07, 6.45) is 11.6. The van der Waals surface area contributed by atoms with Crippen LogP contribution in [-0.2, 0) is 0 Å². The molecule has 0 spiro atoms. The number of hydrogen-bond acceptors (Lipinski definition) is 3. The Morgan fingerprint density at radius 1 is 1.15 bits per heavy atom. The third-order valence-electron chi connectivity index (χ3n) is 7.55. The van der Waals surface area contributed by atoms with Gasteiger partial charge in [-0.3, -0.25) is 4.79 Å². The molecule has 5 aliphatic rings. The molecule has 1 aromatic rings. The van der Waals surface area contributed by atoms with E-state index >= 15 is 0 Å². The predicted octanol–water partition coefficient (Wildman–Crippen LogP) is 3.60. The molecule has 4 nitrogen and oxygen atoms in total. The molecule has 5 fully saturated rings. The van der Waals surface area contributed by atoms with Gasteiger partial charge in [-0.25, -0.2) is 4.98 Å². The molecule has 0 saturated heterocycles. The normalized spacial score (nSPS) is 38.2. The van der Waals surface area contributed by atoms with E-state index in [-0.39, 0.29) is 17.0 Å². The van der Waals surface area contributed by atoms with Crippen LogP contribution in [0.3, 0.4) is 0 Å². The minimum atomic E-state index is -0.0147. The molecular formula is C22H31N3O. The summed E-state index contributed by atoms with van der Waals surface area (Å²) in [5, 5.41) is 7.48. The molecule has 2 N–H and O–H groups in total. The first kappa shape index (κ1) is 16.7. The van der Waals surface area contributed by atoms with E-state index in [1.165, 1.54) is 45.1 Å². The number of carbonyl (C=O) groups is 1. The first-order chi connectivity index (χ1) is 12.5. The van der Waals surface area contributed by atoms with Crippen molar-refractivity contribution in [2.75, 3.05) is 6.54 Å². The zero-order valence-corrected chi connectivity index (χ0v) is 15.9. The van der Waals surface area contributed by atoms with E-state index < -0.39 is 0 Å². The van der Waals surface area contributed by atoms with Crippen LogP contribution in [0.15, 0.2) is 18.2 Å². The van der Waals surface area contributed by atoms with Crippen LogP contribution in [0.2, 0.25) is 0 Å². The van der Waals surface area contributed by atoms with Crippen molar-refractivity contribution in [1.82, 2.24) is 15.6 Å². The molecule has 1 aromatic heterocycles. The fourth-order valence-electron chi connectivity index (χ4n) is 6.65. The van der Waals surface area contributed by atoms with E-state index in [4.69, 9.17) is 0 Å². The maximum Gasteiger partial charge on any atom is 0.270 e. The Bertz CT molecular complexity index is 697. The Kier molecular flexibility index (Phi) is 3.89. The van der Waals surface area contributed by atoms with Gasteiger partial charge in [-0.15, -0.1) is 0 Å². The quantitative estimate of drug-likeness (QED) is 0.850.